The Kier molecular flexibility index (Phi) is 2.64. The Labute approximate surface area is 107 Å². The largest absolute Gasteiger partial charge is 0.399 e. The quantitative estimate of drug-likeness (QED) is 0.608. The first-order chi connectivity index (χ1) is 9.24. The van der Waals surface area contributed by atoms with Crippen LogP contribution in [-0.2, 0) is 6.54 Å². The van der Waals surface area contributed by atoms with Crippen LogP contribution in [0.2, 0.25) is 0 Å². The predicted octanol–water partition coefficient (Wildman–Crippen LogP) is 1.06. The maximum Gasteiger partial charge on any atom is 0.253 e. The molecule has 0 fully saturated rings. The fourth-order valence-corrected chi connectivity index (χ4v) is 1.85. The summed E-state index contributed by atoms with van der Waals surface area (Å²) in [7, 11) is 0. The molecule has 0 radical (unpaired) electrons. The zero-order chi connectivity index (χ0) is 13.2. The number of hydrogen-bond donors (Lipinski definition) is 3. The van der Waals surface area contributed by atoms with Gasteiger partial charge in [0.1, 0.15) is 0 Å². The van der Waals surface area contributed by atoms with E-state index in [1.165, 1.54) is 6.39 Å². The highest BCUT2D eigenvalue weighted by molar-refractivity contribution is 6.07. The second kappa shape index (κ2) is 4.45. The van der Waals surface area contributed by atoms with Crippen molar-refractivity contribution >= 4 is 22.5 Å². The van der Waals surface area contributed by atoms with E-state index in [9.17, 15) is 4.79 Å². The van der Waals surface area contributed by atoms with Gasteiger partial charge in [0.05, 0.1) is 12.1 Å². The molecule has 0 aliphatic rings. The van der Waals surface area contributed by atoms with Crippen molar-refractivity contribution in [2.75, 3.05) is 5.73 Å². The molecule has 0 aliphatic heterocycles. The highest BCUT2D eigenvalue weighted by Gasteiger charge is 2.12. The van der Waals surface area contributed by atoms with E-state index in [0.29, 0.717) is 17.1 Å². The lowest BCUT2D eigenvalue weighted by Crippen LogP contribution is -2.23. The molecule has 3 rings (SSSR count). The Hall–Kier alpha value is -2.83. The van der Waals surface area contributed by atoms with Crippen molar-refractivity contribution in [2.24, 2.45) is 0 Å². The summed E-state index contributed by atoms with van der Waals surface area (Å²) < 4.78 is 4.59. The number of nitrogens with one attached hydrogen (secondary N) is 2. The fraction of sp³-hybridized carbons (Fsp3) is 0.0833. The van der Waals surface area contributed by atoms with Gasteiger partial charge in [-0.3, -0.25) is 4.79 Å². The minimum absolute atomic E-state index is 0.213. The Morgan fingerprint density at radius 2 is 2.37 bits per heavy atom. The molecule has 0 saturated heterocycles. The number of nitrogen functional groups attached to an aromatic ring is 1. The summed E-state index contributed by atoms with van der Waals surface area (Å²) in [6.45, 7) is 0.213. The van der Waals surface area contributed by atoms with Gasteiger partial charge in [-0.05, 0) is 18.2 Å². The molecule has 2 aromatic heterocycles. The van der Waals surface area contributed by atoms with Gasteiger partial charge in [-0.1, -0.05) is 5.16 Å². The van der Waals surface area contributed by atoms with Crippen LogP contribution in [-0.4, -0.2) is 21.0 Å². The maximum absolute atomic E-state index is 12.1. The van der Waals surface area contributed by atoms with Crippen molar-refractivity contribution in [2.45, 2.75) is 6.54 Å². The number of hydrogen-bond acceptors (Lipinski definition) is 5. The summed E-state index contributed by atoms with van der Waals surface area (Å²) in [6, 6.07) is 5.37. The van der Waals surface area contributed by atoms with E-state index in [1.807, 2.05) is 6.07 Å². The third-order valence-electron chi connectivity index (χ3n) is 2.76. The molecule has 0 aliphatic carbocycles. The number of amides is 1. The highest BCUT2D eigenvalue weighted by Crippen LogP contribution is 2.20. The normalized spacial score (nSPS) is 10.7. The van der Waals surface area contributed by atoms with Crippen LogP contribution in [0.5, 0.6) is 0 Å². The number of aromatic nitrogens is 3. The van der Waals surface area contributed by atoms with Gasteiger partial charge in [-0.15, -0.1) is 0 Å². The van der Waals surface area contributed by atoms with Crippen LogP contribution in [0.3, 0.4) is 0 Å². The Morgan fingerprint density at radius 3 is 3.16 bits per heavy atom. The van der Waals surface area contributed by atoms with Gasteiger partial charge < -0.3 is 20.6 Å². The molecule has 3 aromatic rings. The van der Waals surface area contributed by atoms with E-state index in [4.69, 9.17) is 5.73 Å². The van der Waals surface area contributed by atoms with Gasteiger partial charge in [0.2, 0.25) is 6.39 Å². The Bertz CT molecular complexity index is 717. The monoisotopic (exact) mass is 257 g/mol. The second-order valence-corrected chi connectivity index (χ2v) is 4.04. The first-order valence-corrected chi connectivity index (χ1v) is 5.64. The second-order valence-electron chi connectivity index (χ2n) is 4.04. The molecule has 96 valence electrons. The molecule has 0 bridgehead atoms. The van der Waals surface area contributed by atoms with Gasteiger partial charge >= 0.3 is 0 Å². The molecule has 0 atom stereocenters. The molecular weight excluding hydrogens is 246 g/mol. The average Bonchev–Trinajstić information content (AvgIpc) is 3.04. The SMILES string of the molecule is Nc1ccc2[nH]cc(C(=O)NCc3ncon3)c2c1. The zero-order valence-electron chi connectivity index (χ0n) is 9.88. The van der Waals surface area contributed by atoms with Gasteiger partial charge in [0.25, 0.3) is 5.91 Å². The summed E-state index contributed by atoms with van der Waals surface area (Å²) in [5, 5.41) is 7.11. The number of aromatic amines is 1. The van der Waals surface area contributed by atoms with Gasteiger partial charge in [0.15, 0.2) is 5.82 Å². The highest BCUT2D eigenvalue weighted by atomic mass is 16.5. The van der Waals surface area contributed by atoms with Crippen LogP contribution >= 0.6 is 0 Å². The van der Waals surface area contributed by atoms with Crippen molar-refractivity contribution in [3.05, 3.63) is 42.2 Å². The van der Waals surface area contributed by atoms with Crippen molar-refractivity contribution in [1.82, 2.24) is 20.4 Å². The lowest BCUT2D eigenvalue weighted by Gasteiger charge is -2.01. The Morgan fingerprint density at radius 1 is 1.47 bits per heavy atom. The number of benzene rings is 1. The van der Waals surface area contributed by atoms with E-state index in [-0.39, 0.29) is 12.5 Å². The van der Waals surface area contributed by atoms with E-state index >= 15 is 0 Å². The van der Waals surface area contributed by atoms with Crippen LogP contribution in [0.15, 0.2) is 35.3 Å². The van der Waals surface area contributed by atoms with Gasteiger partial charge in [-0.2, -0.15) is 4.98 Å². The van der Waals surface area contributed by atoms with Crippen molar-refractivity contribution < 1.29 is 9.32 Å². The molecular formula is C12H11N5O2. The lowest BCUT2D eigenvalue weighted by atomic mass is 10.1. The van der Waals surface area contributed by atoms with Crippen LogP contribution in [0.25, 0.3) is 10.9 Å². The number of rotatable bonds is 3. The van der Waals surface area contributed by atoms with Crippen LogP contribution in [0, 0.1) is 0 Å². The third kappa shape index (κ3) is 2.13. The van der Waals surface area contributed by atoms with E-state index in [1.54, 1.807) is 18.3 Å². The summed E-state index contributed by atoms with van der Waals surface area (Å²) in [4.78, 5) is 18.9. The van der Waals surface area contributed by atoms with Crippen LogP contribution in [0.1, 0.15) is 16.2 Å². The first-order valence-electron chi connectivity index (χ1n) is 5.64. The molecule has 19 heavy (non-hydrogen) atoms. The number of anilines is 1. The number of nitrogens with two attached hydrogens (primary N) is 1. The molecule has 7 nitrogen and oxygen atoms in total. The number of nitrogens with zero attached hydrogens (tertiary/aromatic N) is 2. The molecule has 1 aromatic carbocycles. The number of fused-ring (bicyclic) bond motifs is 1. The smallest absolute Gasteiger partial charge is 0.253 e. The van der Waals surface area contributed by atoms with Crippen molar-refractivity contribution in [3.8, 4) is 0 Å². The maximum atomic E-state index is 12.1. The zero-order valence-corrected chi connectivity index (χ0v) is 9.88. The van der Waals surface area contributed by atoms with E-state index < -0.39 is 0 Å². The lowest BCUT2D eigenvalue weighted by molar-refractivity contribution is 0.0951. The molecule has 0 spiro atoms. The van der Waals surface area contributed by atoms with Crippen molar-refractivity contribution in [1.29, 1.82) is 0 Å². The summed E-state index contributed by atoms with van der Waals surface area (Å²) >= 11 is 0. The number of H-pyrrole nitrogens is 1. The Balaban J connectivity index is 1.83. The van der Waals surface area contributed by atoms with Crippen molar-refractivity contribution in [3.63, 3.8) is 0 Å². The van der Waals surface area contributed by atoms with Gasteiger partial charge in [0, 0.05) is 22.8 Å². The molecule has 7 heteroatoms. The standard InChI is InChI=1S/C12H11N5O2/c13-7-1-2-10-8(3-7)9(4-14-10)12(18)15-5-11-16-6-19-17-11/h1-4,6,14H,5,13H2,(H,15,18). The molecule has 0 saturated carbocycles. The van der Waals surface area contributed by atoms with E-state index in [2.05, 4.69) is 25.0 Å². The summed E-state index contributed by atoms with van der Waals surface area (Å²) in [5.74, 6) is 0.203. The predicted molar refractivity (Wildman–Crippen MR) is 68.2 cm³/mol. The van der Waals surface area contributed by atoms with E-state index in [0.717, 1.165) is 10.9 Å². The summed E-state index contributed by atoms with van der Waals surface area (Å²) in [5.41, 5.74) is 7.73. The fourth-order valence-electron chi connectivity index (χ4n) is 1.85. The van der Waals surface area contributed by atoms with Gasteiger partial charge in [-0.25, -0.2) is 0 Å². The third-order valence-corrected chi connectivity index (χ3v) is 2.76. The topological polar surface area (TPSA) is 110 Å². The van der Waals surface area contributed by atoms with Crippen LogP contribution in [0.4, 0.5) is 5.69 Å². The number of carbonyl (C=O) groups is 1. The first kappa shape index (κ1) is 11.3. The summed E-state index contributed by atoms with van der Waals surface area (Å²) in [6.07, 6.45) is 2.86. The average molecular weight is 257 g/mol. The van der Waals surface area contributed by atoms with Crippen LogP contribution < -0.4 is 11.1 Å². The molecule has 4 N–H and O–H groups in total. The minimum Gasteiger partial charge on any atom is -0.399 e. The minimum atomic E-state index is -0.221. The number of carbonyl (C=O) groups excluding carboxylic acids is 1. The molecule has 1 amide bonds. The molecule has 0 unspecified atom stereocenters. The molecule has 2 heterocycles.